The molecule has 0 aliphatic rings. The second-order valence-corrected chi connectivity index (χ2v) is 2.28. The Labute approximate surface area is 72.3 Å². The van der Waals surface area contributed by atoms with Crippen LogP contribution in [0.25, 0.3) is 0 Å². The first-order valence-electron chi connectivity index (χ1n) is 3.92. The summed E-state index contributed by atoms with van der Waals surface area (Å²) in [6.45, 7) is 2.71. The molecule has 1 heterocycles. The van der Waals surface area contributed by atoms with Gasteiger partial charge in [0.1, 0.15) is 0 Å². The van der Waals surface area contributed by atoms with Crippen molar-refractivity contribution < 1.29 is 9.47 Å². The molecule has 3 nitrogen and oxygen atoms in total. The number of pyridine rings is 1. The first-order valence-corrected chi connectivity index (χ1v) is 3.92. The number of nitrogens with zero attached hydrogens (tertiary/aromatic N) is 1. The fourth-order valence-electron chi connectivity index (χ4n) is 0.791. The standard InChI is InChI=1S/C9H12NO2/c1-3-7-12-8-5-4-6-10-9(8)11-2/h4,6H,3,7H2,1-2H3. The number of hydrogen-bond donors (Lipinski definition) is 0. The fourth-order valence-corrected chi connectivity index (χ4v) is 0.791. The van der Waals surface area contributed by atoms with Crippen LogP contribution in [0.4, 0.5) is 0 Å². The van der Waals surface area contributed by atoms with E-state index in [-0.39, 0.29) is 0 Å². The monoisotopic (exact) mass is 166 g/mol. The highest BCUT2D eigenvalue weighted by Crippen LogP contribution is 2.21. The molecule has 1 radical (unpaired) electrons. The highest BCUT2D eigenvalue weighted by Gasteiger charge is 2.02. The molecule has 0 saturated heterocycles. The molecule has 1 rings (SSSR count). The van der Waals surface area contributed by atoms with E-state index in [0.717, 1.165) is 6.42 Å². The Balaban J connectivity index is 2.68. The Morgan fingerprint density at radius 1 is 1.58 bits per heavy atom. The van der Waals surface area contributed by atoms with Gasteiger partial charge in [0.05, 0.1) is 13.7 Å². The molecule has 65 valence electrons. The molecular formula is C9H12NO2. The summed E-state index contributed by atoms with van der Waals surface area (Å²) in [4.78, 5) is 3.97. The lowest BCUT2D eigenvalue weighted by molar-refractivity contribution is 0.288. The summed E-state index contributed by atoms with van der Waals surface area (Å²) in [5.41, 5.74) is 0. The van der Waals surface area contributed by atoms with Crippen molar-refractivity contribution in [2.75, 3.05) is 13.7 Å². The maximum absolute atomic E-state index is 5.33. The van der Waals surface area contributed by atoms with E-state index in [0.29, 0.717) is 18.2 Å². The molecule has 0 saturated carbocycles. The topological polar surface area (TPSA) is 31.4 Å². The minimum Gasteiger partial charge on any atom is -0.487 e. The summed E-state index contributed by atoms with van der Waals surface area (Å²) >= 11 is 0. The van der Waals surface area contributed by atoms with E-state index in [4.69, 9.17) is 9.47 Å². The van der Waals surface area contributed by atoms with E-state index >= 15 is 0 Å². The first-order chi connectivity index (χ1) is 5.88. The maximum atomic E-state index is 5.33. The number of methoxy groups -OCH3 is 1. The van der Waals surface area contributed by atoms with Gasteiger partial charge in [-0.05, 0) is 12.5 Å². The van der Waals surface area contributed by atoms with E-state index in [9.17, 15) is 0 Å². The minimum absolute atomic E-state index is 0.492. The van der Waals surface area contributed by atoms with Crippen LogP contribution in [0.2, 0.25) is 0 Å². The molecule has 12 heavy (non-hydrogen) atoms. The molecule has 1 aromatic rings. The van der Waals surface area contributed by atoms with Crippen molar-refractivity contribution in [3.05, 3.63) is 18.3 Å². The average Bonchev–Trinajstić information content (AvgIpc) is 2.15. The summed E-state index contributed by atoms with van der Waals surface area (Å²) in [5, 5.41) is 0. The maximum Gasteiger partial charge on any atom is 0.257 e. The molecule has 0 bridgehead atoms. The average molecular weight is 166 g/mol. The van der Waals surface area contributed by atoms with Crippen molar-refractivity contribution in [3.63, 3.8) is 0 Å². The van der Waals surface area contributed by atoms with Gasteiger partial charge in [0.2, 0.25) is 0 Å². The Morgan fingerprint density at radius 3 is 3.08 bits per heavy atom. The van der Waals surface area contributed by atoms with Gasteiger partial charge in [0, 0.05) is 12.3 Å². The largest absolute Gasteiger partial charge is 0.487 e. The Kier molecular flexibility index (Phi) is 3.38. The van der Waals surface area contributed by atoms with Crippen LogP contribution < -0.4 is 9.47 Å². The first kappa shape index (κ1) is 8.84. The van der Waals surface area contributed by atoms with Crippen molar-refractivity contribution in [1.29, 1.82) is 0 Å². The summed E-state index contributed by atoms with van der Waals surface area (Å²) in [7, 11) is 1.56. The lowest BCUT2D eigenvalue weighted by Crippen LogP contribution is -1.98. The zero-order valence-corrected chi connectivity index (χ0v) is 7.33. The van der Waals surface area contributed by atoms with Gasteiger partial charge in [-0.1, -0.05) is 6.92 Å². The van der Waals surface area contributed by atoms with Gasteiger partial charge in [0.25, 0.3) is 5.88 Å². The van der Waals surface area contributed by atoms with Gasteiger partial charge in [-0.15, -0.1) is 0 Å². The number of aromatic nitrogens is 1. The molecule has 0 N–H and O–H groups in total. The zero-order valence-electron chi connectivity index (χ0n) is 7.33. The predicted molar refractivity (Wildman–Crippen MR) is 45.4 cm³/mol. The van der Waals surface area contributed by atoms with Crippen molar-refractivity contribution >= 4 is 0 Å². The summed E-state index contributed by atoms with van der Waals surface area (Å²) in [6.07, 6.45) is 2.59. The number of rotatable bonds is 4. The van der Waals surface area contributed by atoms with Gasteiger partial charge >= 0.3 is 0 Å². The minimum atomic E-state index is 0.492. The summed E-state index contributed by atoms with van der Waals surface area (Å²) in [6, 6.07) is 4.61. The van der Waals surface area contributed by atoms with Crippen LogP contribution in [0, 0.1) is 6.07 Å². The van der Waals surface area contributed by atoms with E-state index in [1.165, 1.54) is 0 Å². The molecule has 1 aromatic heterocycles. The van der Waals surface area contributed by atoms with E-state index in [1.54, 1.807) is 19.4 Å². The zero-order chi connectivity index (χ0) is 8.81. The highest BCUT2D eigenvalue weighted by molar-refractivity contribution is 5.30. The van der Waals surface area contributed by atoms with Crippen LogP contribution in [0.3, 0.4) is 0 Å². The van der Waals surface area contributed by atoms with Crippen molar-refractivity contribution in [3.8, 4) is 11.6 Å². The Bertz CT molecular complexity index is 238. The van der Waals surface area contributed by atoms with Gasteiger partial charge in [-0.3, -0.25) is 0 Å². The van der Waals surface area contributed by atoms with Crippen molar-refractivity contribution in [1.82, 2.24) is 4.98 Å². The van der Waals surface area contributed by atoms with E-state index < -0.39 is 0 Å². The van der Waals surface area contributed by atoms with Gasteiger partial charge in [-0.25, -0.2) is 4.98 Å². The smallest absolute Gasteiger partial charge is 0.257 e. The molecule has 0 aromatic carbocycles. The number of ether oxygens (including phenoxy) is 2. The third-order valence-electron chi connectivity index (χ3n) is 1.32. The quantitative estimate of drug-likeness (QED) is 0.682. The normalized spacial score (nSPS) is 9.50. The van der Waals surface area contributed by atoms with Crippen LogP contribution in [0.5, 0.6) is 11.6 Å². The van der Waals surface area contributed by atoms with E-state index in [1.807, 2.05) is 6.92 Å². The van der Waals surface area contributed by atoms with Crippen LogP contribution in [-0.4, -0.2) is 18.7 Å². The lowest BCUT2D eigenvalue weighted by atomic mass is 10.4. The SMILES string of the molecule is CCCOc1[c]ccnc1OC. The predicted octanol–water partition coefficient (Wildman–Crippen LogP) is 1.68. The third kappa shape index (κ3) is 2.12. The Morgan fingerprint density at radius 2 is 2.42 bits per heavy atom. The summed E-state index contributed by atoms with van der Waals surface area (Å²) in [5.74, 6) is 1.08. The molecule has 0 spiro atoms. The lowest BCUT2D eigenvalue weighted by Gasteiger charge is -2.06. The molecule has 3 heteroatoms. The Hall–Kier alpha value is -1.25. The molecule has 0 fully saturated rings. The molecule has 0 aliphatic carbocycles. The molecular weight excluding hydrogens is 154 g/mol. The van der Waals surface area contributed by atoms with Gasteiger partial charge in [0.15, 0.2) is 5.75 Å². The second kappa shape index (κ2) is 4.59. The third-order valence-corrected chi connectivity index (χ3v) is 1.32. The fraction of sp³-hybridized carbons (Fsp3) is 0.444. The van der Waals surface area contributed by atoms with Crippen molar-refractivity contribution in [2.24, 2.45) is 0 Å². The second-order valence-electron chi connectivity index (χ2n) is 2.28. The highest BCUT2D eigenvalue weighted by atomic mass is 16.5. The van der Waals surface area contributed by atoms with Gasteiger partial charge in [-0.2, -0.15) is 0 Å². The van der Waals surface area contributed by atoms with Crippen molar-refractivity contribution in [2.45, 2.75) is 13.3 Å². The van der Waals surface area contributed by atoms with Crippen LogP contribution in [0.1, 0.15) is 13.3 Å². The molecule has 0 unspecified atom stereocenters. The molecule has 0 atom stereocenters. The van der Waals surface area contributed by atoms with Crippen LogP contribution in [0.15, 0.2) is 12.3 Å². The van der Waals surface area contributed by atoms with Crippen LogP contribution in [-0.2, 0) is 0 Å². The van der Waals surface area contributed by atoms with Crippen LogP contribution >= 0.6 is 0 Å². The van der Waals surface area contributed by atoms with Gasteiger partial charge < -0.3 is 9.47 Å². The molecule has 0 aliphatic heterocycles. The van der Waals surface area contributed by atoms with E-state index in [2.05, 4.69) is 11.1 Å². The molecule has 0 amide bonds. The summed E-state index contributed by atoms with van der Waals surface area (Å²) < 4.78 is 10.3. The number of hydrogen-bond acceptors (Lipinski definition) is 3.